The fourth-order valence-corrected chi connectivity index (χ4v) is 4.35. The Morgan fingerprint density at radius 2 is 2.19 bits per heavy atom. The molecule has 7 nitrogen and oxygen atoms in total. The molecule has 2 aromatic carbocycles. The van der Waals surface area contributed by atoms with E-state index in [1.165, 1.54) is 6.07 Å². The van der Waals surface area contributed by atoms with Crippen LogP contribution in [0.15, 0.2) is 47.0 Å². The highest BCUT2D eigenvalue weighted by Crippen LogP contribution is 2.39. The molecule has 1 atom stereocenters. The molecule has 3 rings (SSSR count). The van der Waals surface area contributed by atoms with Gasteiger partial charge in [0.05, 0.1) is 29.0 Å². The number of hydrogen-bond donors (Lipinski definition) is 3. The lowest BCUT2D eigenvalue weighted by atomic mass is 9.87. The molecular weight excluding hydrogens is 450 g/mol. The van der Waals surface area contributed by atoms with Gasteiger partial charge in [-0.1, -0.05) is 35.5 Å². The van der Waals surface area contributed by atoms with Crippen molar-refractivity contribution in [1.82, 2.24) is 5.32 Å². The van der Waals surface area contributed by atoms with Crippen LogP contribution < -0.4 is 15.4 Å². The van der Waals surface area contributed by atoms with Crippen LogP contribution in [0.3, 0.4) is 0 Å². The molecule has 1 aliphatic heterocycles. The number of nitriles is 1. The molecule has 2 aromatic rings. The van der Waals surface area contributed by atoms with Gasteiger partial charge in [-0.3, -0.25) is 9.59 Å². The van der Waals surface area contributed by atoms with Crippen LogP contribution in [0.25, 0.3) is 0 Å². The van der Waals surface area contributed by atoms with E-state index in [1.807, 2.05) is 6.92 Å². The summed E-state index contributed by atoms with van der Waals surface area (Å²) in [7, 11) is 0. The fraction of sp³-hybridized carbons (Fsp3) is 0.261. The quantitative estimate of drug-likeness (QED) is 0.549. The minimum atomic E-state index is -0.505. The first kappa shape index (κ1) is 23.5. The van der Waals surface area contributed by atoms with Crippen LogP contribution in [0.1, 0.15) is 30.4 Å². The van der Waals surface area contributed by atoms with Crippen molar-refractivity contribution in [2.24, 2.45) is 0 Å². The first-order valence-electron chi connectivity index (χ1n) is 9.91. The van der Waals surface area contributed by atoms with Gasteiger partial charge < -0.3 is 20.5 Å². The number of aromatic hydroxyl groups is 1. The molecule has 0 saturated carbocycles. The van der Waals surface area contributed by atoms with Crippen molar-refractivity contribution < 1.29 is 19.4 Å². The number of thioether (sulfide) groups is 1. The monoisotopic (exact) mass is 471 g/mol. The third-order valence-corrected chi connectivity index (χ3v) is 6.36. The summed E-state index contributed by atoms with van der Waals surface area (Å²) in [6.07, 6.45) is 0.0806. The summed E-state index contributed by atoms with van der Waals surface area (Å²) in [5.41, 5.74) is 2.40. The number of nitrogens with zero attached hydrogens (tertiary/aromatic N) is 1. The van der Waals surface area contributed by atoms with E-state index in [1.54, 1.807) is 37.3 Å². The molecule has 1 aliphatic rings. The summed E-state index contributed by atoms with van der Waals surface area (Å²) in [6, 6.07) is 12.2. The van der Waals surface area contributed by atoms with E-state index < -0.39 is 5.92 Å². The van der Waals surface area contributed by atoms with Crippen LogP contribution in [0.4, 0.5) is 5.69 Å². The summed E-state index contributed by atoms with van der Waals surface area (Å²) >= 11 is 7.18. The van der Waals surface area contributed by atoms with Crippen molar-refractivity contribution in [3.63, 3.8) is 0 Å². The number of carbonyl (C=O) groups excluding carboxylic acids is 2. The summed E-state index contributed by atoms with van der Waals surface area (Å²) < 4.78 is 5.43. The number of phenols is 1. The Balaban J connectivity index is 1.80. The SMILES string of the molecule is CCOc1cc([C@H]2CC(=O)NC(SCC(=O)Nc3cccc(Cl)c3C)=C2C#N)ccc1O. The van der Waals surface area contributed by atoms with Crippen LogP contribution in [0, 0.1) is 18.3 Å². The molecule has 0 aromatic heterocycles. The van der Waals surface area contributed by atoms with Gasteiger partial charge in [-0.2, -0.15) is 5.26 Å². The molecule has 0 bridgehead atoms. The Bertz CT molecular complexity index is 1130. The molecule has 2 amide bonds. The molecule has 32 heavy (non-hydrogen) atoms. The molecule has 9 heteroatoms. The van der Waals surface area contributed by atoms with E-state index in [2.05, 4.69) is 16.7 Å². The van der Waals surface area contributed by atoms with E-state index in [0.717, 1.165) is 17.3 Å². The molecule has 0 unspecified atom stereocenters. The van der Waals surface area contributed by atoms with E-state index in [-0.39, 0.29) is 29.7 Å². The second-order valence-corrected chi connectivity index (χ2v) is 8.46. The van der Waals surface area contributed by atoms with Gasteiger partial charge in [0.25, 0.3) is 0 Å². The molecule has 0 radical (unpaired) electrons. The second-order valence-electron chi connectivity index (χ2n) is 7.07. The molecule has 1 heterocycles. The van der Waals surface area contributed by atoms with Crippen LogP contribution in [-0.2, 0) is 9.59 Å². The highest BCUT2D eigenvalue weighted by atomic mass is 35.5. The van der Waals surface area contributed by atoms with Gasteiger partial charge in [0.2, 0.25) is 11.8 Å². The maximum absolute atomic E-state index is 12.5. The third kappa shape index (κ3) is 5.36. The lowest BCUT2D eigenvalue weighted by Gasteiger charge is -2.25. The van der Waals surface area contributed by atoms with Crippen molar-refractivity contribution in [2.75, 3.05) is 17.7 Å². The lowest BCUT2D eigenvalue weighted by molar-refractivity contribution is -0.121. The highest BCUT2D eigenvalue weighted by Gasteiger charge is 2.30. The number of amides is 2. The van der Waals surface area contributed by atoms with E-state index in [9.17, 15) is 20.0 Å². The average molecular weight is 472 g/mol. The number of anilines is 1. The smallest absolute Gasteiger partial charge is 0.234 e. The Labute approximate surface area is 195 Å². The number of phenolic OH excluding ortho intramolecular Hbond substituents is 1. The summed E-state index contributed by atoms with van der Waals surface area (Å²) in [5.74, 6) is -0.772. The van der Waals surface area contributed by atoms with E-state index in [0.29, 0.717) is 39.2 Å². The number of nitrogens with one attached hydrogen (secondary N) is 2. The Morgan fingerprint density at radius 3 is 2.91 bits per heavy atom. The molecular formula is C23H22ClN3O4S. The standard InChI is InChI=1S/C23H22ClN3O4S/c1-3-31-20-9-14(7-8-19(20)28)15-10-21(29)27-23(16(15)11-25)32-12-22(30)26-18-6-4-5-17(24)13(18)2/h4-9,15,28H,3,10,12H2,1-2H3,(H,26,30)(H,27,29)/t15-/m1/s1. The Kier molecular flexibility index (Phi) is 7.67. The number of allylic oxidation sites excluding steroid dienone is 1. The number of ether oxygens (including phenoxy) is 1. The van der Waals surface area contributed by atoms with Crippen molar-refractivity contribution in [2.45, 2.75) is 26.2 Å². The van der Waals surface area contributed by atoms with Gasteiger partial charge in [0, 0.05) is 23.0 Å². The van der Waals surface area contributed by atoms with Gasteiger partial charge >= 0.3 is 0 Å². The van der Waals surface area contributed by atoms with Gasteiger partial charge in [-0.25, -0.2) is 0 Å². The van der Waals surface area contributed by atoms with Crippen molar-refractivity contribution in [1.29, 1.82) is 5.26 Å². The van der Waals surface area contributed by atoms with Gasteiger partial charge in [-0.15, -0.1) is 0 Å². The van der Waals surface area contributed by atoms with E-state index >= 15 is 0 Å². The number of carbonyl (C=O) groups is 2. The van der Waals surface area contributed by atoms with Gasteiger partial charge in [0.1, 0.15) is 0 Å². The maximum Gasteiger partial charge on any atom is 0.234 e. The van der Waals surface area contributed by atoms with Gasteiger partial charge in [-0.05, 0) is 49.2 Å². The first-order valence-corrected chi connectivity index (χ1v) is 11.3. The van der Waals surface area contributed by atoms with Crippen LogP contribution in [-0.4, -0.2) is 29.3 Å². The first-order chi connectivity index (χ1) is 15.3. The van der Waals surface area contributed by atoms with Crippen molar-refractivity contribution >= 4 is 40.9 Å². The third-order valence-electron chi connectivity index (χ3n) is 4.93. The molecule has 0 spiro atoms. The zero-order valence-electron chi connectivity index (χ0n) is 17.6. The average Bonchev–Trinajstić information content (AvgIpc) is 2.76. The minimum absolute atomic E-state index is 0.000754. The zero-order valence-corrected chi connectivity index (χ0v) is 19.1. The Hall–Kier alpha value is -3.15. The summed E-state index contributed by atoms with van der Waals surface area (Å²) in [5, 5.41) is 26.2. The molecule has 166 valence electrons. The molecule has 0 fully saturated rings. The van der Waals surface area contributed by atoms with Crippen LogP contribution >= 0.6 is 23.4 Å². The predicted octanol–water partition coefficient (Wildman–Crippen LogP) is 4.46. The van der Waals surface area contributed by atoms with Crippen molar-refractivity contribution in [3.05, 3.63) is 63.1 Å². The lowest BCUT2D eigenvalue weighted by Crippen LogP contribution is -2.31. The number of benzene rings is 2. The second kappa shape index (κ2) is 10.4. The highest BCUT2D eigenvalue weighted by molar-refractivity contribution is 8.03. The normalized spacial score (nSPS) is 15.7. The molecule has 0 saturated heterocycles. The van der Waals surface area contributed by atoms with Crippen molar-refractivity contribution in [3.8, 4) is 17.6 Å². The molecule has 0 aliphatic carbocycles. The minimum Gasteiger partial charge on any atom is -0.504 e. The van der Waals surface area contributed by atoms with Gasteiger partial charge in [0.15, 0.2) is 11.5 Å². The fourth-order valence-electron chi connectivity index (χ4n) is 3.30. The van der Waals surface area contributed by atoms with E-state index in [4.69, 9.17) is 16.3 Å². The number of hydrogen-bond acceptors (Lipinski definition) is 6. The zero-order chi connectivity index (χ0) is 23.3. The Morgan fingerprint density at radius 1 is 1.41 bits per heavy atom. The molecule has 3 N–H and O–H groups in total. The maximum atomic E-state index is 12.5. The summed E-state index contributed by atoms with van der Waals surface area (Å²) in [6.45, 7) is 3.97. The number of halogens is 1. The predicted molar refractivity (Wildman–Crippen MR) is 125 cm³/mol. The van der Waals surface area contributed by atoms with Crippen LogP contribution in [0.2, 0.25) is 5.02 Å². The topological polar surface area (TPSA) is 111 Å². The van der Waals surface area contributed by atoms with Crippen LogP contribution in [0.5, 0.6) is 11.5 Å². The number of rotatable bonds is 7. The summed E-state index contributed by atoms with van der Waals surface area (Å²) in [4.78, 5) is 24.8. The largest absolute Gasteiger partial charge is 0.504 e.